The third-order valence-corrected chi connectivity index (χ3v) is 2.37. The maximum atomic E-state index is 5.88. The molecule has 2 rings (SSSR count). The number of nitrogens with two attached hydrogens (primary N) is 4. The average Bonchev–Trinajstić information content (AvgIpc) is 2.20. The zero-order valence-electron chi connectivity index (χ0n) is 8.77. The highest BCUT2D eigenvalue weighted by Crippen LogP contribution is 2.30. The summed E-state index contributed by atoms with van der Waals surface area (Å²) in [5, 5.41) is 0. The van der Waals surface area contributed by atoms with Crippen LogP contribution in [0, 0.1) is 0 Å². The van der Waals surface area contributed by atoms with Gasteiger partial charge in [-0.3, -0.25) is 0 Å². The number of anilines is 4. The first-order valence-corrected chi connectivity index (χ1v) is 4.87. The molecular formula is C12H14N4. The third-order valence-electron chi connectivity index (χ3n) is 2.37. The molecule has 0 radical (unpaired) electrons. The average molecular weight is 214 g/mol. The van der Waals surface area contributed by atoms with Crippen molar-refractivity contribution in [3.8, 4) is 11.1 Å². The van der Waals surface area contributed by atoms with Gasteiger partial charge in [-0.25, -0.2) is 0 Å². The van der Waals surface area contributed by atoms with Gasteiger partial charge in [0, 0.05) is 28.3 Å². The predicted molar refractivity (Wildman–Crippen MR) is 69.5 cm³/mol. The summed E-state index contributed by atoms with van der Waals surface area (Å²) < 4.78 is 0. The zero-order valence-corrected chi connectivity index (χ0v) is 8.77. The third kappa shape index (κ3) is 1.86. The van der Waals surface area contributed by atoms with Crippen molar-refractivity contribution in [2.45, 2.75) is 0 Å². The van der Waals surface area contributed by atoms with Crippen LogP contribution in [-0.4, -0.2) is 0 Å². The smallest absolute Gasteiger partial charge is 0.0395 e. The molecule has 0 saturated heterocycles. The van der Waals surface area contributed by atoms with Crippen molar-refractivity contribution in [1.29, 1.82) is 0 Å². The first-order chi connectivity index (χ1) is 7.56. The Labute approximate surface area is 93.8 Å². The lowest BCUT2D eigenvalue weighted by Gasteiger charge is -2.09. The Kier molecular flexibility index (Phi) is 2.32. The van der Waals surface area contributed by atoms with Crippen LogP contribution in [0.2, 0.25) is 0 Å². The summed E-state index contributed by atoms with van der Waals surface area (Å²) in [5.41, 5.74) is 27.3. The Morgan fingerprint density at radius 2 is 1.25 bits per heavy atom. The fraction of sp³-hybridized carbons (Fsp3) is 0. The Morgan fingerprint density at radius 3 is 1.88 bits per heavy atom. The van der Waals surface area contributed by atoms with E-state index < -0.39 is 0 Å². The van der Waals surface area contributed by atoms with Crippen LogP contribution < -0.4 is 22.9 Å². The SMILES string of the molecule is Nc1cc(N)cc(-c2cc(N)ccc2N)c1. The van der Waals surface area contributed by atoms with Crippen molar-refractivity contribution in [1.82, 2.24) is 0 Å². The van der Waals surface area contributed by atoms with Gasteiger partial charge in [0.25, 0.3) is 0 Å². The fourth-order valence-corrected chi connectivity index (χ4v) is 1.66. The molecule has 0 amide bonds. The quantitative estimate of drug-likeness (QED) is 0.542. The van der Waals surface area contributed by atoms with Gasteiger partial charge < -0.3 is 22.9 Å². The molecule has 16 heavy (non-hydrogen) atoms. The van der Waals surface area contributed by atoms with Crippen molar-refractivity contribution in [2.75, 3.05) is 22.9 Å². The molecule has 4 heteroatoms. The van der Waals surface area contributed by atoms with E-state index in [1.165, 1.54) is 0 Å². The van der Waals surface area contributed by atoms with Crippen molar-refractivity contribution >= 4 is 22.7 Å². The molecule has 0 aliphatic carbocycles. The molecule has 0 aliphatic heterocycles. The molecule has 8 N–H and O–H groups in total. The standard InChI is InChI=1S/C12H14N4/c13-8-1-2-12(16)11(6-8)7-3-9(14)5-10(15)4-7/h1-6H,13-16H2. The van der Waals surface area contributed by atoms with Crippen molar-refractivity contribution in [3.05, 3.63) is 36.4 Å². The maximum Gasteiger partial charge on any atom is 0.0395 e. The van der Waals surface area contributed by atoms with Gasteiger partial charge in [0.15, 0.2) is 0 Å². The Balaban J connectivity index is 2.62. The van der Waals surface area contributed by atoms with Crippen LogP contribution >= 0.6 is 0 Å². The number of benzene rings is 2. The topological polar surface area (TPSA) is 104 Å². The Hall–Kier alpha value is -2.36. The molecular weight excluding hydrogens is 200 g/mol. The van der Waals surface area contributed by atoms with Gasteiger partial charge in [-0.2, -0.15) is 0 Å². The van der Waals surface area contributed by atoms with E-state index in [0.29, 0.717) is 22.7 Å². The normalized spacial score (nSPS) is 10.2. The molecule has 0 spiro atoms. The molecule has 2 aromatic rings. The Morgan fingerprint density at radius 1 is 0.625 bits per heavy atom. The van der Waals surface area contributed by atoms with Gasteiger partial charge >= 0.3 is 0 Å². The van der Waals surface area contributed by atoms with E-state index in [4.69, 9.17) is 22.9 Å². The van der Waals surface area contributed by atoms with Gasteiger partial charge in [0.05, 0.1) is 0 Å². The first kappa shape index (κ1) is 10.2. The summed E-state index contributed by atoms with van der Waals surface area (Å²) in [4.78, 5) is 0. The van der Waals surface area contributed by atoms with Crippen LogP contribution in [0.3, 0.4) is 0 Å². The summed E-state index contributed by atoms with van der Waals surface area (Å²) in [7, 11) is 0. The Bertz CT molecular complexity index is 514. The molecule has 0 atom stereocenters. The molecule has 82 valence electrons. The van der Waals surface area contributed by atoms with Crippen LogP contribution in [0.15, 0.2) is 36.4 Å². The van der Waals surface area contributed by atoms with Crippen molar-refractivity contribution in [3.63, 3.8) is 0 Å². The summed E-state index contributed by atoms with van der Waals surface area (Å²) >= 11 is 0. The second kappa shape index (κ2) is 3.66. The van der Waals surface area contributed by atoms with E-state index >= 15 is 0 Å². The summed E-state index contributed by atoms with van der Waals surface area (Å²) in [6.07, 6.45) is 0. The molecule has 0 heterocycles. The minimum Gasteiger partial charge on any atom is -0.399 e. The van der Waals surface area contributed by atoms with E-state index in [0.717, 1.165) is 11.1 Å². The van der Waals surface area contributed by atoms with Gasteiger partial charge in [0.2, 0.25) is 0 Å². The van der Waals surface area contributed by atoms with Crippen molar-refractivity contribution < 1.29 is 0 Å². The van der Waals surface area contributed by atoms with Crippen LogP contribution in [0.4, 0.5) is 22.7 Å². The highest BCUT2D eigenvalue weighted by Gasteiger charge is 2.04. The molecule has 0 fully saturated rings. The molecule has 0 unspecified atom stereocenters. The molecule has 2 aromatic carbocycles. The largest absolute Gasteiger partial charge is 0.399 e. The van der Waals surface area contributed by atoms with Crippen LogP contribution in [0.25, 0.3) is 11.1 Å². The first-order valence-electron chi connectivity index (χ1n) is 4.87. The van der Waals surface area contributed by atoms with E-state index in [9.17, 15) is 0 Å². The number of hydrogen-bond donors (Lipinski definition) is 4. The van der Waals surface area contributed by atoms with E-state index in [1.807, 2.05) is 18.2 Å². The fourth-order valence-electron chi connectivity index (χ4n) is 1.66. The monoisotopic (exact) mass is 214 g/mol. The molecule has 0 aliphatic rings. The molecule has 0 saturated carbocycles. The van der Waals surface area contributed by atoms with Gasteiger partial charge in [0.1, 0.15) is 0 Å². The number of nitrogen functional groups attached to an aromatic ring is 4. The van der Waals surface area contributed by atoms with Crippen LogP contribution in [0.1, 0.15) is 0 Å². The minimum absolute atomic E-state index is 0.608. The summed E-state index contributed by atoms with van der Waals surface area (Å²) in [6, 6.07) is 10.7. The summed E-state index contributed by atoms with van der Waals surface area (Å²) in [6.45, 7) is 0. The zero-order chi connectivity index (χ0) is 11.7. The number of hydrogen-bond acceptors (Lipinski definition) is 4. The van der Waals surface area contributed by atoms with Crippen molar-refractivity contribution in [2.24, 2.45) is 0 Å². The van der Waals surface area contributed by atoms with E-state index in [1.54, 1.807) is 18.2 Å². The van der Waals surface area contributed by atoms with Gasteiger partial charge in [-0.1, -0.05) is 0 Å². The maximum absolute atomic E-state index is 5.88. The van der Waals surface area contributed by atoms with Crippen LogP contribution in [0.5, 0.6) is 0 Å². The van der Waals surface area contributed by atoms with Gasteiger partial charge in [-0.05, 0) is 42.0 Å². The predicted octanol–water partition coefficient (Wildman–Crippen LogP) is 1.68. The lowest BCUT2D eigenvalue weighted by Crippen LogP contribution is -1.95. The minimum atomic E-state index is 0.608. The molecule has 0 bridgehead atoms. The van der Waals surface area contributed by atoms with Crippen LogP contribution in [-0.2, 0) is 0 Å². The second-order valence-corrected chi connectivity index (χ2v) is 3.74. The highest BCUT2D eigenvalue weighted by atomic mass is 14.6. The lowest BCUT2D eigenvalue weighted by atomic mass is 10.0. The highest BCUT2D eigenvalue weighted by molar-refractivity contribution is 5.82. The summed E-state index contributed by atoms with van der Waals surface area (Å²) in [5.74, 6) is 0. The van der Waals surface area contributed by atoms with E-state index in [-0.39, 0.29) is 0 Å². The lowest BCUT2D eigenvalue weighted by molar-refractivity contribution is 1.59. The molecule has 0 aromatic heterocycles. The molecule has 4 nitrogen and oxygen atoms in total. The number of rotatable bonds is 1. The van der Waals surface area contributed by atoms with E-state index in [2.05, 4.69) is 0 Å². The second-order valence-electron chi connectivity index (χ2n) is 3.74. The van der Waals surface area contributed by atoms with Gasteiger partial charge in [-0.15, -0.1) is 0 Å².